The molecule has 3 rings (SSSR count). The van der Waals surface area contributed by atoms with Crippen molar-refractivity contribution in [3.8, 4) is 0 Å². The van der Waals surface area contributed by atoms with E-state index in [0.29, 0.717) is 4.88 Å². The van der Waals surface area contributed by atoms with Crippen LogP contribution in [-0.2, 0) is 10.8 Å². The van der Waals surface area contributed by atoms with E-state index in [9.17, 15) is 9.90 Å². The molecule has 2 aromatic rings. The number of hydrogen-bond donors (Lipinski definition) is 1. The molecule has 0 aliphatic heterocycles. The zero-order valence-electron chi connectivity index (χ0n) is 18.1. The van der Waals surface area contributed by atoms with Crippen molar-refractivity contribution in [2.45, 2.75) is 71.0 Å². The molecule has 1 N–H and O–H groups in total. The lowest BCUT2D eigenvalue weighted by molar-refractivity contribution is 0.0702. The second-order valence-electron chi connectivity index (χ2n) is 10.3. The van der Waals surface area contributed by atoms with Gasteiger partial charge in [0.25, 0.3) is 0 Å². The van der Waals surface area contributed by atoms with Crippen LogP contribution in [0.25, 0.3) is 11.3 Å². The van der Waals surface area contributed by atoms with Gasteiger partial charge in [0, 0.05) is 4.88 Å². The molecule has 0 saturated carbocycles. The van der Waals surface area contributed by atoms with Crippen LogP contribution in [0.3, 0.4) is 0 Å². The maximum absolute atomic E-state index is 11.3. The van der Waals surface area contributed by atoms with Gasteiger partial charge in [-0.25, -0.2) is 4.79 Å². The Morgan fingerprint density at radius 3 is 2.14 bits per heavy atom. The number of carboxylic acids is 1. The Bertz CT molecular complexity index is 942. The molecule has 150 valence electrons. The van der Waals surface area contributed by atoms with E-state index < -0.39 is 14.0 Å². The van der Waals surface area contributed by atoms with Gasteiger partial charge in [0.2, 0.25) is 0 Å². The van der Waals surface area contributed by atoms with Crippen LogP contribution in [0.2, 0.25) is 19.6 Å². The fourth-order valence-corrected chi connectivity index (χ4v) is 6.68. The zero-order valence-corrected chi connectivity index (χ0v) is 20.0. The van der Waals surface area contributed by atoms with E-state index in [2.05, 4.69) is 71.6 Å². The van der Waals surface area contributed by atoms with E-state index in [0.717, 1.165) is 4.88 Å². The highest BCUT2D eigenvalue weighted by Gasteiger charge is 2.37. The van der Waals surface area contributed by atoms with Gasteiger partial charge in [0.15, 0.2) is 0 Å². The Kier molecular flexibility index (Phi) is 5.26. The van der Waals surface area contributed by atoms with E-state index in [1.54, 1.807) is 6.07 Å². The number of fused-ring (bicyclic) bond motifs is 1. The van der Waals surface area contributed by atoms with Crippen LogP contribution in [0.15, 0.2) is 30.3 Å². The van der Waals surface area contributed by atoms with Gasteiger partial charge < -0.3 is 5.11 Å². The molecule has 1 heterocycles. The van der Waals surface area contributed by atoms with Crippen LogP contribution in [0.4, 0.5) is 0 Å². The average Bonchev–Trinajstić information content (AvgIpc) is 3.05. The summed E-state index contributed by atoms with van der Waals surface area (Å²) >= 11 is 1.35. The minimum atomic E-state index is -1.64. The predicted molar refractivity (Wildman–Crippen MR) is 124 cm³/mol. The largest absolute Gasteiger partial charge is 0.477 e. The highest BCUT2D eigenvalue weighted by Crippen LogP contribution is 2.47. The summed E-state index contributed by atoms with van der Waals surface area (Å²) in [5.74, 6) is -0.850. The van der Waals surface area contributed by atoms with Crippen molar-refractivity contribution in [3.63, 3.8) is 0 Å². The molecule has 28 heavy (non-hydrogen) atoms. The molecular formula is C24H32O2SSi. The number of benzene rings is 1. The van der Waals surface area contributed by atoms with E-state index >= 15 is 0 Å². The van der Waals surface area contributed by atoms with Gasteiger partial charge >= 0.3 is 5.97 Å². The third-order valence-corrected chi connectivity index (χ3v) is 9.17. The maximum Gasteiger partial charge on any atom is 0.345 e. The summed E-state index contributed by atoms with van der Waals surface area (Å²) in [7, 11) is -1.64. The van der Waals surface area contributed by atoms with Crippen molar-refractivity contribution in [2.24, 2.45) is 0 Å². The van der Waals surface area contributed by atoms with Crippen molar-refractivity contribution in [3.05, 3.63) is 56.8 Å². The molecule has 0 amide bonds. The highest BCUT2D eigenvalue weighted by atomic mass is 32.1. The number of hydrogen-bond acceptors (Lipinski definition) is 2. The second kappa shape index (κ2) is 6.99. The van der Waals surface area contributed by atoms with Crippen LogP contribution in [0.1, 0.15) is 71.8 Å². The van der Waals surface area contributed by atoms with E-state index in [1.807, 2.05) is 6.07 Å². The lowest BCUT2D eigenvalue weighted by Crippen LogP contribution is -2.34. The number of carboxylic acid groups (broad SMARTS) is 1. The molecule has 0 fully saturated rings. The Labute approximate surface area is 174 Å². The number of thiophene rings is 1. The van der Waals surface area contributed by atoms with Gasteiger partial charge in [-0.05, 0) is 58.6 Å². The Morgan fingerprint density at radius 1 is 1.00 bits per heavy atom. The van der Waals surface area contributed by atoms with Gasteiger partial charge in [-0.1, -0.05) is 70.7 Å². The van der Waals surface area contributed by atoms with Gasteiger partial charge in [-0.3, -0.25) is 0 Å². The average molecular weight is 413 g/mol. The van der Waals surface area contributed by atoms with Crippen molar-refractivity contribution in [1.29, 1.82) is 0 Å². The fraction of sp³-hybridized carbons (Fsp3) is 0.458. The molecular weight excluding hydrogens is 380 g/mol. The first kappa shape index (κ1) is 21.1. The summed E-state index contributed by atoms with van der Waals surface area (Å²) in [6, 6.07) is 10.7. The molecule has 0 unspecified atom stereocenters. The molecule has 1 aromatic carbocycles. The molecule has 1 aliphatic carbocycles. The number of rotatable bonds is 4. The summed E-state index contributed by atoms with van der Waals surface area (Å²) in [6.45, 7) is 16.5. The van der Waals surface area contributed by atoms with Crippen LogP contribution in [-0.4, -0.2) is 19.1 Å². The number of carbonyl (C=O) groups is 1. The first-order valence-corrected chi connectivity index (χ1v) is 14.3. The topological polar surface area (TPSA) is 37.3 Å². The van der Waals surface area contributed by atoms with Crippen LogP contribution < -0.4 is 0 Å². The van der Waals surface area contributed by atoms with Crippen LogP contribution in [0.5, 0.6) is 0 Å². The minimum absolute atomic E-state index is 0.185. The minimum Gasteiger partial charge on any atom is -0.477 e. The second-order valence-corrected chi connectivity index (χ2v) is 16.5. The van der Waals surface area contributed by atoms with Gasteiger partial charge in [0.1, 0.15) is 4.88 Å². The first-order valence-electron chi connectivity index (χ1n) is 10.0. The van der Waals surface area contributed by atoms with Gasteiger partial charge in [0.05, 0.1) is 8.07 Å². The molecule has 0 atom stereocenters. The molecule has 2 nitrogen and oxygen atoms in total. The SMILES string of the molecule is CC1(C)CCC(C)(C)c2cc(C(=Cc3ccc(C(=O)O)s3)[Si](C)(C)C)ccc21. The third-order valence-electron chi connectivity index (χ3n) is 6.10. The fourth-order valence-electron chi connectivity index (χ4n) is 4.18. The van der Waals surface area contributed by atoms with E-state index in [-0.39, 0.29) is 10.8 Å². The normalized spacial score (nSPS) is 18.6. The van der Waals surface area contributed by atoms with Crippen molar-refractivity contribution in [1.82, 2.24) is 0 Å². The zero-order chi connectivity index (χ0) is 20.9. The quantitative estimate of drug-likeness (QED) is 0.538. The summed E-state index contributed by atoms with van der Waals surface area (Å²) in [5.41, 5.74) is 4.66. The summed E-state index contributed by atoms with van der Waals surface area (Å²) in [5, 5.41) is 10.6. The summed E-state index contributed by atoms with van der Waals surface area (Å²) < 4.78 is 0. The molecule has 0 saturated heterocycles. The Hall–Kier alpha value is -1.65. The third kappa shape index (κ3) is 4.04. The van der Waals surface area contributed by atoms with E-state index in [4.69, 9.17) is 0 Å². The molecule has 1 aromatic heterocycles. The first-order chi connectivity index (χ1) is 12.8. The lowest BCUT2D eigenvalue weighted by atomic mass is 9.63. The van der Waals surface area contributed by atoms with Crippen LogP contribution in [0, 0.1) is 0 Å². The van der Waals surface area contributed by atoms with Crippen molar-refractivity contribution >= 4 is 36.7 Å². The predicted octanol–water partition coefficient (Wildman–Crippen LogP) is 7.21. The number of aromatic carboxylic acids is 1. The molecule has 4 heteroatoms. The Balaban J connectivity index is 2.14. The molecule has 0 spiro atoms. The Morgan fingerprint density at radius 2 is 1.61 bits per heavy atom. The highest BCUT2D eigenvalue weighted by molar-refractivity contribution is 7.15. The molecule has 1 aliphatic rings. The van der Waals surface area contributed by atoms with Crippen LogP contribution >= 0.6 is 11.3 Å². The summed E-state index contributed by atoms with van der Waals surface area (Å²) in [4.78, 5) is 12.7. The van der Waals surface area contributed by atoms with Gasteiger partial charge in [-0.15, -0.1) is 11.3 Å². The lowest BCUT2D eigenvalue weighted by Gasteiger charge is -2.42. The monoisotopic (exact) mass is 412 g/mol. The van der Waals surface area contributed by atoms with Crippen molar-refractivity contribution in [2.75, 3.05) is 0 Å². The van der Waals surface area contributed by atoms with Gasteiger partial charge in [-0.2, -0.15) is 0 Å². The standard InChI is InChI=1S/C24H32O2SSi/c1-23(2)12-13-24(3,4)19-14-16(8-10-18(19)23)21(28(5,6)7)15-17-9-11-20(27-17)22(25)26/h8-11,14-15H,12-13H2,1-7H3,(H,25,26). The van der Waals surface area contributed by atoms with E-state index in [1.165, 1.54) is 46.1 Å². The smallest absolute Gasteiger partial charge is 0.345 e. The molecule has 0 bridgehead atoms. The summed E-state index contributed by atoms with van der Waals surface area (Å²) in [6.07, 6.45) is 4.65. The molecule has 0 radical (unpaired) electrons. The maximum atomic E-state index is 11.3. The van der Waals surface area contributed by atoms with Crippen molar-refractivity contribution < 1.29 is 9.90 Å².